The minimum Gasteiger partial charge on any atom is -0.281 e. The summed E-state index contributed by atoms with van der Waals surface area (Å²) in [5, 5.41) is 8.39. The van der Waals surface area contributed by atoms with E-state index in [2.05, 4.69) is 17.2 Å². The molecule has 0 spiro atoms. The molecule has 0 aliphatic heterocycles. The molecule has 0 amide bonds. The molecule has 1 unspecified atom stereocenters. The SMILES string of the molecule is CC(CN=NC(C)(C)C)SCCC(=O)Cl. The van der Waals surface area contributed by atoms with Gasteiger partial charge in [-0.25, -0.2) is 0 Å². The molecule has 0 aromatic carbocycles. The molecule has 0 aliphatic rings. The Labute approximate surface area is 101 Å². The van der Waals surface area contributed by atoms with Gasteiger partial charge in [-0.05, 0) is 32.4 Å². The Kier molecular flexibility index (Phi) is 7.18. The average Bonchev–Trinajstić information content (AvgIpc) is 2.00. The summed E-state index contributed by atoms with van der Waals surface area (Å²) < 4.78 is 0. The van der Waals surface area contributed by atoms with Crippen molar-refractivity contribution in [3.8, 4) is 0 Å². The molecular formula is C10H19ClN2OS. The topological polar surface area (TPSA) is 41.8 Å². The maximum atomic E-state index is 10.5. The van der Waals surface area contributed by atoms with E-state index < -0.39 is 0 Å². The van der Waals surface area contributed by atoms with Crippen LogP contribution in [0.15, 0.2) is 10.2 Å². The molecule has 5 heteroatoms. The quantitative estimate of drug-likeness (QED) is 0.535. The largest absolute Gasteiger partial charge is 0.281 e. The molecule has 0 aliphatic carbocycles. The lowest BCUT2D eigenvalue weighted by molar-refractivity contribution is -0.111. The Bertz CT molecular complexity index is 226. The molecule has 0 saturated heterocycles. The lowest BCUT2D eigenvalue weighted by atomic mass is 10.1. The first-order valence-corrected chi connectivity index (χ1v) is 6.42. The predicted octanol–water partition coefficient (Wildman–Crippen LogP) is 3.51. The fourth-order valence-electron chi connectivity index (χ4n) is 0.761. The number of carbonyl (C=O) groups excluding carboxylic acids is 1. The van der Waals surface area contributed by atoms with Gasteiger partial charge in [-0.2, -0.15) is 22.0 Å². The molecular weight excluding hydrogens is 232 g/mol. The Morgan fingerprint density at radius 1 is 1.47 bits per heavy atom. The third kappa shape index (κ3) is 11.8. The number of nitrogens with zero attached hydrogens (tertiary/aromatic N) is 2. The molecule has 0 radical (unpaired) electrons. The van der Waals surface area contributed by atoms with E-state index in [1.54, 1.807) is 11.8 Å². The van der Waals surface area contributed by atoms with Crippen LogP contribution in [0.25, 0.3) is 0 Å². The lowest BCUT2D eigenvalue weighted by Crippen LogP contribution is -2.10. The zero-order valence-corrected chi connectivity index (χ0v) is 11.4. The van der Waals surface area contributed by atoms with Crippen molar-refractivity contribution in [2.45, 2.75) is 44.9 Å². The molecule has 0 saturated carbocycles. The molecule has 0 aromatic heterocycles. The van der Waals surface area contributed by atoms with Crippen LogP contribution in [0.4, 0.5) is 0 Å². The van der Waals surface area contributed by atoms with Crippen molar-refractivity contribution in [3.63, 3.8) is 0 Å². The number of rotatable bonds is 6. The Hall–Kier alpha value is -0.0900. The van der Waals surface area contributed by atoms with Crippen molar-refractivity contribution in [2.75, 3.05) is 12.3 Å². The molecule has 0 fully saturated rings. The zero-order valence-electron chi connectivity index (χ0n) is 9.79. The highest BCUT2D eigenvalue weighted by Crippen LogP contribution is 2.14. The van der Waals surface area contributed by atoms with Gasteiger partial charge in [-0.3, -0.25) is 4.79 Å². The number of hydrogen-bond acceptors (Lipinski definition) is 4. The molecule has 15 heavy (non-hydrogen) atoms. The van der Waals surface area contributed by atoms with Gasteiger partial charge in [0.1, 0.15) is 0 Å². The van der Waals surface area contributed by atoms with Crippen LogP contribution in [0.5, 0.6) is 0 Å². The van der Waals surface area contributed by atoms with Gasteiger partial charge in [-0.1, -0.05) is 6.92 Å². The zero-order chi connectivity index (χ0) is 11.9. The summed E-state index contributed by atoms with van der Waals surface area (Å²) in [6.45, 7) is 8.81. The minimum atomic E-state index is -0.272. The minimum absolute atomic E-state index is 0.101. The fourth-order valence-corrected chi connectivity index (χ4v) is 1.85. The maximum Gasteiger partial charge on any atom is 0.222 e. The smallest absolute Gasteiger partial charge is 0.222 e. The third-order valence-electron chi connectivity index (χ3n) is 1.41. The normalized spacial score (nSPS) is 14.5. The molecule has 0 N–H and O–H groups in total. The van der Waals surface area contributed by atoms with Crippen LogP contribution in [0, 0.1) is 0 Å². The third-order valence-corrected chi connectivity index (χ3v) is 2.76. The van der Waals surface area contributed by atoms with Gasteiger partial charge in [0.25, 0.3) is 0 Å². The first-order valence-electron chi connectivity index (χ1n) is 5.00. The highest BCUT2D eigenvalue weighted by molar-refractivity contribution is 7.99. The summed E-state index contributed by atoms with van der Waals surface area (Å²) in [6, 6.07) is 0. The van der Waals surface area contributed by atoms with Crippen molar-refractivity contribution >= 4 is 28.6 Å². The van der Waals surface area contributed by atoms with E-state index in [1.165, 1.54) is 0 Å². The summed E-state index contributed by atoms with van der Waals surface area (Å²) in [6.07, 6.45) is 0.424. The molecule has 0 aromatic rings. The fraction of sp³-hybridized carbons (Fsp3) is 0.900. The van der Waals surface area contributed by atoms with Crippen LogP contribution < -0.4 is 0 Å². The van der Waals surface area contributed by atoms with Gasteiger partial charge in [0.15, 0.2) is 0 Å². The summed E-state index contributed by atoms with van der Waals surface area (Å²) in [7, 11) is 0. The molecule has 88 valence electrons. The van der Waals surface area contributed by atoms with Crippen molar-refractivity contribution < 1.29 is 4.79 Å². The number of halogens is 1. The molecule has 0 rings (SSSR count). The van der Waals surface area contributed by atoms with Gasteiger partial charge < -0.3 is 0 Å². The monoisotopic (exact) mass is 250 g/mol. The Morgan fingerprint density at radius 2 is 2.07 bits per heavy atom. The van der Waals surface area contributed by atoms with Gasteiger partial charge in [0.05, 0.1) is 12.1 Å². The lowest BCUT2D eigenvalue weighted by Gasteiger charge is -2.11. The maximum absolute atomic E-state index is 10.5. The molecule has 1 atom stereocenters. The van der Waals surface area contributed by atoms with Gasteiger partial charge in [0.2, 0.25) is 5.24 Å². The van der Waals surface area contributed by atoms with Crippen LogP contribution >= 0.6 is 23.4 Å². The van der Waals surface area contributed by atoms with E-state index >= 15 is 0 Å². The summed E-state index contributed by atoms with van der Waals surface area (Å²) in [5.74, 6) is 0.758. The van der Waals surface area contributed by atoms with Crippen LogP contribution in [0.1, 0.15) is 34.1 Å². The summed E-state index contributed by atoms with van der Waals surface area (Å²) in [4.78, 5) is 10.5. The number of azo groups is 1. The van der Waals surface area contributed by atoms with E-state index in [1.807, 2.05) is 20.8 Å². The van der Waals surface area contributed by atoms with Crippen LogP contribution in [0.2, 0.25) is 0 Å². The predicted molar refractivity (Wildman–Crippen MR) is 66.9 cm³/mol. The average molecular weight is 251 g/mol. The molecule has 0 bridgehead atoms. The standard InChI is InChI=1S/C10H19ClN2OS/c1-8(15-6-5-9(11)14)7-12-13-10(2,3)4/h8H,5-7H2,1-4H3. The Morgan fingerprint density at radius 3 is 2.53 bits per heavy atom. The highest BCUT2D eigenvalue weighted by Gasteiger charge is 2.07. The van der Waals surface area contributed by atoms with E-state index in [0.29, 0.717) is 18.2 Å². The van der Waals surface area contributed by atoms with Crippen LogP contribution in [0.3, 0.4) is 0 Å². The second-order valence-electron chi connectivity index (χ2n) is 4.38. The van der Waals surface area contributed by atoms with Crippen molar-refractivity contribution in [1.29, 1.82) is 0 Å². The second kappa shape index (κ2) is 7.23. The van der Waals surface area contributed by atoms with Crippen LogP contribution in [-0.4, -0.2) is 28.3 Å². The number of carbonyl (C=O) groups is 1. The van der Waals surface area contributed by atoms with Gasteiger partial charge >= 0.3 is 0 Å². The highest BCUT2D eigenvalue weighted by atomic mass is 35.5. The van der Waals surface area contributed by atoms with E-state index in [9.17, 15) is 4.79 Å². The number of hydrogen-bond donors (Lipinski definition) is 0. The van der Waals surface area contributed by atoms with E-state index in [4.69, 9.17) is 11.6 Å². The van der Waals surface area contributed by atoms with Crippen molar-refractivity contribution in [1.82, 2.24) is 0 Å². The first-order chi connectivity index (χ1) is 6.81. The second-order valence-corrected chi connectivity index (χ2v) is 6.35. The van der Waals surface area contributed by atoms with E-state index in [0.717, 1.165) is 5.75 Å². The van der Waals surface area contributed by atoms with Crippen LogP contribution in [-0.2, 0) is 4.79 Å². The summed E-state index contributed by atoms with van der Waals surface area (Å²) in [5.41, 5.74) is -0.101. The molecule has 0 heterocycles. The van der Waals surface area contributed by atoms with E-state index in [-0.39, 0.29) is 10.8 Å². The van der Waals surface area contributed by atoms with Gasteiger partial charge in [0, 0.05) is 17.4 Å². The number of thioether (sulfide) groups is 1. The van der Waals surface area contributed by atoms with Crippen molar-refractivity contribution in [2.24, 2.45) is 10.2 Å². The summed E-state index contributed by atoms with van der Waals surface area (Å²) >= 11 is 6.93. The first kappa shape index (κ1) is 14.9. The van der Waals surface area contributed by atoms with Crippen molar-refractivity contribution in [3.05, 3.63) is 0 Å². The Balaban J connectivity index is 3.62. The molecule has 3 nitrogen and oxygen atoms in total. The van der Waals surface area contributed by atoms with Gasteiger partial charge in [-0.15, -0.1) is 0 Å².